The summed E-state index contributed by atoms with van der Waals surface area (Å²) in [5.41, 5.74) is 0.346. The molecule has 0 unspecified atom stereocenters. The van der Waals surface area contributed by atoms with Crippen LogP contribution >= 0.6 is 0 Å². The Hall–Kier alpha value is -0.914. The minimum Gasteiger partial charge on any atom is -0.462 e. The molecule has 1 amide bonds. The third kappa shape index (κ3) is 6.80. The maximum absolute atomic E-state index is 11.6. The Kier molecular flexibility index (Phi) is 9.40. The standard InChI is InChI=1S/C18H21NO11S.K/c1-8-5-14(21)29-12-6-10(3-4-11(8)12)28-18-15(19-9(2)20)17(23)16(22)13(30-18)7-27-31(24,25)26;/h3-6,13,15-18,22-23H,7H2,1-2H3,(H,19,20)(H,24,25,26);/t13-,15-,16-,17-,18+;/m1./s1. The molecule has 1 fully saturated rings. The van der Waals surface area contributed by atoms with Crippen LogP contribution in [0.4, 0.5) is 0 Å². The van der Waals surface area contributed by atoms with Crippen molar-refractivity contribution in [3.05, 3.63) is 40.2 Å². The van der Waals surface area contributed by atoms with Gasteiger partial charge in [0, 0.05) is 75.8 Å². The Morgan fingerprint density at radius 3 is 2.53 bits per heavy atom. The average Bonchev–Trinajstić information content (AvgIpc) is 2.65. The number of rotatable bonds is 6. The fraction of sp³-hybridized carbons (Fsp3) is 0.444. The second kappa shape index (κ2) is 11.0. The Bertz CT molecular complexity index is 1140. The molecule has 1 saturated heterocycles. The summed E-state index contributed by atoms with van der Waals surface area (Å²) in [6.45, 7) is 2.08. The van der Waals surface area contributed by atoms with Gasteiger partial charge in [-0.1, -0.05) is 0 Å². The fourth-order valence-electron chi connectivity index (χ4n) is 3.22. The molecule has 1 aliphatic heterocycles. The van der Waals surface area contributed by atoms with Gasteiger partial charge in [-0.05, 0) is 24.6 Å². The van der Waals surface area contributed by atoms with Crippen molar-refractivity contribution in [2.24, 2.45) is 0 Å². The summed E-state index contributed by atoms with van der Waals surface area (Å²) in [6.07, 6.45) is -6.12. The Morgan fingerprint density at radius 2 is 1.91 bits per heavy atom. The molecule has 0 saturated carbocycles. The maximum Gasteiger partial charge on any atom is 0.397 e. The van der Waals surface area contributed by atoms with Crippen LogP contribution in [0.1, 0.15) is 12.5 Å². The summed E-state index contributed by atoms with van der Waals surface area (Å²) in [4.78, 5) is 23.2. The van der Waals surface area contributed by atoms with E-state index in [9.17, 15) is 28.2 Å². The van der Waals surface area contributed by atoms with E-state index in [0.717, 1.165) is 0 Å². The number of benzene rings is 1. The summed E-state index contributed by atoms with van der Waals surface area (Å²) in [5.74, 6) is -0.416. The number of carbonyl (C=O) groups excluding carboxylic acids is 1. The molecule has 1 aromatic heterocycles. The van der Waals surface area contributed by atoms with E-state index >= 15 is 0 Å². The largest absolute Gasteiger partial charge is 0.462 e. The maximum atomic E-state index is 11.6. The number of aliphatic hydroxyl groups is 2. The molecule has 0 aliphatic carbocycles. The summed E-state index contributed by atoms with van der Waals surface area (Å²) in [6, 6.07) is 4.65. The fourth-order valence-corrected chi connectivity index (χ4v) is 3.53. The summed E-state index contributed by atoms with van der Waals surface area (Å²) in [7, 11) is -4.83. The average molecular weight is 499 g/mol. The summed E-state index contributed by atoms with van der Waals surface area (Å²) < 4.78 is 51.0. The van der Waals surface area contributed by atoms with Gasteiger partial charge in [0.25, 0.3) is 0 Å². The zero-order chi connectivity index (χ0) is 22.9. The number of aryl methyl sites for hydroxylation is 1. The molecule has 0 bridgehead atoms. The molecule has 1 aromatic carbocycles. The van der Waals surface area contributed by atoms with Crippen molar-refractivity contribution in [2.45, 2.75) is 44.5 Å². The second-order valence-corrected chi connectivity index (χ2v) is 8.08. The minimum absolute atomic E-state index is 0. The topological polar surface area (TPSA) is 182 Å². The molecule has 0 spiro atoms. The number of ether oxygens (including phenoxy) is 2. The monoisotopic (exact) mass is 498 g/mol. The number of hydrogen-bond acceptors (Lipinski definition) is 10. The van der Waals surface area contributed by atoms with Gasteiger partial charge in [0.15, 0.2) is 0 Å². The first-order chi connectivity index (χ1) is 14.4. The Morgan fingerprint density at radius 1 is 1.22 bits per heavy atom. The predicted molar refractivity (Wildman–Crippen MR) is 109 cm³/mol. The van der Waals surface area contributed by atoms with Crippen molar-refractivity contribution in [1.82, 2.24) is 5.32 Å². The van der Waals surface area contributed by atoms with Crippen molar-refractivity contribution in [2.75, 3.05) is 6.61 Å². The minimum atomic E-state index is -4.83. The van der Waals surface area contributed by atoms with E-state index in [2.05, 4.69) is 9.50 Å². The first-order valence-electron chi connectivity index (χ1n) is 9.06. The van der Waals surface area contributed by atoms with Crippen LogP contribution in [0.5, 0.6) is 5.75 Å². The van der Waals surface area contributed by atoms with Gasteiger partial charge >= 0.3 is 16.0 Å². The summed E-state index contributed by atoms with van der Waals surface area (Å²) >= 11 is 0. The number of nitrogens with one attached hydrogen (secondary N) is 1. The van der Waals surface area contributed by atoms with Crippen LogP contribution in [0.15, 0.2) is 33.5 Å². The van der Waals surface area contributed by atoms with Crippen molar-refractivity contribution in [3.63, 3.8) is 0 Å². The zero-order valence-corrected chi connectivity index (χ0v) is 21.4. The third-order valence-corrected chi connectivity index (χ3v) is 5.06. The molecule has 5 atom stereocenters. The molecule has 14 heteroatoms. The van der Waals surface area contributed by atoms with Crippen LogP contribution in [0, 0.1) is 6.92 Å². The molecule has 12 nitrogen and oxygen atoms in total. The number of aliphatic hydroxyl groups excluding tert-OH is 2. The Balaban J connectivity index is 0.00000363. The second-order valence-electron chi connectivity index (χ2n) is 6.99. The molecular weight excluding hydrogens is 477 g/mol. The smallest absolute Gasteiger partial charge is 0.397 e. The molecule has 171 valence electrons. The van der Waals surface area contributed by atoms with Gasteiger partial charge in [-0.3, -0.25) is 9.35 Å². The number of carbonyl (C=O) groups is 1. The molecule has 3 rings (SSSR count). The van der Waals surface area contributed by atoms with Crippen LogP contribution in [-0.4, -0.2) is 118 Å². The van der Waals surface area contributed by atoms with Crippen LogP contribution in [0.25, 0.3) is 11.0 Å². The molecule has 1 radical (unpaired) electrons. The van der Waals surface area contributed by atoms with E-state index in [-0.39, 0.29) is 62.7 Å². The first-order valence-corrected chi connectivity index (χ1v) is 10.4. The van der Waals surface area contributed by atoms with Crippen molar-refractivity contribution < 1.29 is 46.1 Å². The molecule has 2 aromatic rings. The Labute approximate surface area is 225 Å². The molecule has 1 aliphatic rings. The molecular formula is C18H21KNO11S. The van der Waals surface area contributed by atoms with Crippen LogP contribution in [0.2, 0.25) is 0 Å². The van der Waals surface area contributed by atoms with Crippen molar-refractivity contribution >= 4 is 78.7 Å². The van der Waals surface area contributed by atoms with Gasteiger partial charge in [0.05, 0.1) is 6.61 Å². The number of amides is 1. The van der Waals surface area contributed by atoms with Gasteiger partial charge < -0.3 is 29.4 Å². The summed E-state index contributed by atoms with van der Waals surface area (Å²) in [5, 5.41) is 23.7. The van der Waals surface area contributed by atoms with E-state index in [1.807, 2.05) is 0 Å². The van der Waals surface area contributed by atoms with Crippen LogP contribution in [0.3, 0.4) is 0 Å². The van der Waals surface area contributed by atoms with Gasteiger partial charge in [0.2, 0.25) is 12.2 Å². The van der Waals surface area contributed by atoms with E-state index in [1.165, 1.54) is 25.1 Å². The van der Waals surface area contributed by atoms with Crippen molar-refractivity contribution in [1.29, 1.82) is 0 Å². The van der Waals surface area contributed by atoms with Crippen molar-refractivity contribution in [3.8, 4) is 5.75 Å². The molecule has 32 heavy (non-hydrogen) atoms. The third-order valence-electron chi connectivity index (χ3n) is 4.63. The van der Waals surface area contributed by atoms with E-state index in [1.54, 1.807) is 13.0 Å². The van der Waals surface area contributed by atoms with E-state index in [4.69, 9.17) is 18.4 Å². The van der Waals surface area contributed by atoms with Gasteiger partial charge in [-0.25, -0.2) is 8.98 Å². The zero-order valence-electron chi connectivity index (χ0n) is 17.4. The van der Waals surface area contributed by atoms with Crippen LogP contribution in [-0.2, 0) is 24.1 Å². The number of fused-ring (bicyclic) bond motifs is 1. The number of hydrogen-bond donors (Lipinski definition) is 4. The molecule has 4 N–H and O–H groups in total. The van der Waals surface area contributed by atoms with Gasteiger partial charge in [-0.2, -0.15) is 8.42 Å². The van der Waals surface area contributed by atoms with E-state index in [0.29, 0.717) is 10.9 Å². The van der Waals surface area contributed by atoms with Gasteiger partial charge in [-0.15, -0.1) is 0 Å². The normalized spacial score (nSPS) is 25.7. The SMILES string of the molecule is CC(=O)N[C@H]1[C@@H](Oc2ccc3c(C)cc(=O)oc3c2)O[C@H](COS(=O)(=O)O)[C@@H](O)[C@@H]1O.[K]. The molecule has 2 heterocycles. The predicted octanol–water partition coefficient (Wildman–Crippen LogP) is -1.13. The quantitative estimate of drug-likeness (QED) is 0.215. The van der Waals surface area contributed by atoms with Crippen LogP contribution < -0.4 is 15.7 Å². The van der Waals surface area contributed by atoms with Gasteiger partial charge in [0.1, 0.15) is 35.7 Å². The first kappa shape index (κ1) is 27.3. The van der Waals surface area contributed by atoms with E-state index < -0.39 is 59.2 Å².